The molecule has 2 saturated carbocycles. The van der Waals surface area contributed by atoms with Crippen molar-refractivity contribution in [3.8, 4) is 0 Å². The molecule has 4 aromatic carbocycles. The fourth-order valence-electron chi connectivity index (χ4n) is 7.86. The molecule has 0 bridgehead atoms. The highest BCUT2D eigenvalue weighted by atomic mass is 19.4. The maximum atomic E-state index is 13.7. The quantitative estimate of drug-likeness (QED) is 0.0548. The van der Waals surface area contributed by atoms with E-state index in [0.29, 0.717) is 36.8 Å². The van der Waals surface area contributed by atoms with Crippen LogP contribution in [0.1, 0.15) is 86.8 Å². The van der Waals surface area contributed by atoms with Gasteiger partial charge in [0.15, 0.2) is 0 Å². The summed E-state index contributed by atoms with van der Waals surface area (Å²) < 4.78 is 138. The minimum atomic E-state index is -4.56. The number of carbonyl (C=O) groups excluding carboxylic acids is 2. The Bertz CT molecular complexity index is 2480. The Balaban J connectivity index is 0.000000262. The van der Waals surface area contributed by atoms with Gasteiger partial charge in [-0.15, -0.1) is 0 Å². The van der Waals surface area contributed by atoms with Crippen LogP contribution in [-0.4, -0.2) is 77.5 Å². The van der Waals surface area contributed by atoms with Gasteiger partial charge in [-0.3, -0.25) is 4.79 Å². The zero-order chi connectivity index (χ0) is 52.0. The molecular formula is C51H56F10N4O5. The largest absolute Gasteiger partial charge is 0.444 e. The fourth-order valence-corrected chi connectivity index (χ4v) is 7.86. The van der Waals surface area contributed by atoms with E-state index < -0.39 is 99.7 Å². The summed E-state index contributed by atoms with van der Waals surface area (Å²) in [6.07, 6.45) is -9.79. The third-order valence-electron chi connectivity index (χ3n) is 11.8. The van der Waals surface area contributed by atoms with Gasteiger partial charge in [0.25, 0.3) is 0 Å². The lowest BCUT2D eigenvalue weighted by Gasteiger charge is -2.29. The van der Waals surface area contributed by atoms with Crippen molar-refractivity contribution < 1.29 is 68.4 Å². The number of alkyl carbamates (subject to hydrolysis) is 1. The van der Waals surface area contributed by atoms with Crippen molar-refractivity contribution in [1.82, 2.24) is 21.3 Å². The number of benzene rings is 4. The van der Waals surface area contributed by atoms with Crippen LogP contribution < -0.4 is 21.3 Å². The van der Waals surface area contributed by atoms with Crippen LogP contribution in [0.2, 0.25) is 0 Å². The predicted octanol–water partition coefficient (Wildman–Crippen LogP) is 9.84. The second-order valence-corrected chi connectivity index (χ2v) is 18.7. The Morgan fingerprint density at radius 2 is 0.971 bits per heavy atom. The molecule has 4 atom stereocenters. The molecule has 0 aliphatic heterocycles. The molecule has 70 heavy (non-hydrogen) atoms. The van der Waals surface area contributed by atoms with Crippen molar-refractivity contribution in [2.45, 2.75) is 120 Å². The van der Waals surface area contributed by atoms with Crippen LogP contribution in [0.5, 0.6) is 0 Å². The number of alkyl halides is 6. The lowest BCUT2D eigenvalue weighted by molar-refractivity contribution is -0.120. The van der Waals surface area contributed by atoms with Crippen molar-refractivity contribution >= 4 is 23.1 Å². The SMILES string of the molecule is C=C(c1cccc(C2(NCC(O)C(Cc3cc(F)cc(F)c3)NC(=O)OC(C)(C)C)CC2)c1)C(F)(F)F.C=C(c1cccc(C2(NCC(O)C(Cc3cc(F)cc(F)c3)NC(C)=O)CC2)c1)C(F)(F)F. The molecule has 2 aliphatic rings. The van der Waals surface area contributed by atoms with Crippen LogP contribution in [0, 0.1) is 23.3 Å². The van der Waals surface area contributed by atoms with Gasteiger partial charge >= 0.3 is 18.4 Å². The summed E-state index contributed by atoms with van der Waals surface area (Å²) in [6, 6.07) is 16.1. The summed E-state index contributed by atoms with van der Waals surface area (Å²) in [5.41, 5.74) is -2.28. The van der Waals surface area contributed by atoms with Crippen molar-refractivity contribution in [3.63, 3.8) is 0 Å². The Labute approximate surface area is 399 Å². The molecular weight excluding hydrogens is 939 g/mol. The summed E-state index contributed by atoms with van der Waals surface area (Å²) in [7, 11) is 0. The van der Waals surface area contributed by atoms with Crippen LogP contribution in [0.3, 0.4) is 0 Å². The molecule has 4 aromatic rings. The Morgan fingerprint density at radius 3 is 1.29 bits per heavy atom. The van der Waals surface area contributed by atoms with Crippen molar-refractivity contribution in [1.29, 1.82) is 0 Å². The van der Waals surface area contributed by atoms with Gasteiger partial charge in [-0.2, -0.15) is 26.3 Å². The van der Waals surface area contributed by atoms with E-state index in [-0.39, 0.29) is 48.2 Å². The molecule has 19 heteroatoms. The number of hydrogen-bond donors (Lipinski definition) is 6. The van der Waals surface area contributed by atoms with E-state index in [0.717, 1.165) is 36.4 Å². The van der Waals surface area contributed by atoms with E-state index in [2.05, 4.69) is 34.4 Å². The maximum absolute atomic E-state index is 13.7. The topological polar surface area (TPSA) is 132 Å². The zero-order valence-electron chi connectivity index (χ0n) is 38.9. The van der Waals surface area contributed by atoms with E-state index in [4.69, 9.17) is 4.74 Å². The van der Waals surface area contributed by atoms with Crippen LogP contribution in [0.25, 0.3) is 11.1 Å². The summed E-state index contributed by atoms with van der Waals surface area (Å²) >= 11 is 0. The number of halogens is 10. The smallest absolute Gasteiger partial charge is 0.416 e. The second-order valence-electron chi connectivity index (χ2n) is 18.7. The number of aliphatic hydroxyl groups is 2. The third kappa shape index (κ3) is 15.9. The summed E-state index contributed by atoms with van der Waals surface area (Å²) in [5, 5.41) is 33.2. The number of aliphatic hydroxyl groups excluding tert-OH is 2. The van der Waals surface area contributed by atoms with E-state index in [1.807, 2.05) is 0 Å². The average Bonchev–Trinajstić information content (AvgIpc) is 4.19. The normalized spacial score (nSPS) is 16.6. The third-order valence-corrected chi connectivity index (χ3v) is 11.8. The average molecular weight is 995 g/mol. The highest BCUT2D eigenvalue weighted by molar-refractivity contribution is 5.73. The first-order chi connectivity index (χ1) is 32.5. The summed E-state index contributed by atoms with van der Waals surface area (Å²) in [6.45, 7) is 12.5. The van der Waals surface area contributed by atoms with Gasteiger partial charge in [-0.25, -0.2) is 22.4 Å². The summed E-state index contributed by atoms with van der Waals surface area (Å²) in [4.78, 5) is 24.0. The van der Waals surface area contributed by atoms with Gasteiger partial charge in [-0.05, 0) is 129 Å². The second kappa shape index (κ2) is 22.1. The predicted molar refractivity (Wildman–Crippen MR) is 244 cm³/mol. The van der Waals surface area contributed by atoms with Gasteiger partial charge in [0.2, 0.25) is 5.91 Å². The zero-order valence-corrected chi connectivity index (χ0v) is 38.9. The molecule has 0 saturated heterocycles. The number of nitrogens with one attached hydrogen (secondary N) is 4. The van der Waals surface area contributed by atoms with Crippen LogP contribution in [0.4, 0.5) is 48.7 Å². The standard InChI is InChI=1S/C27H31F5N2O3.C24H25F5N2O2/c1-16(27(30,31)32)18-6-5-7-19(13-18)26(8-9-26)33-15-23(35)22(34-24(36)37-25(2,3)4)12-17-10-20(28)14-21(29)11-17;1-14(24(27,28)29)17-4-3-5-18(11-17)23(6-7-23)30-13-22(33)21(31-15(2)32)10-16-8-19(25)12-20(26)9-16/h5-7,10-11,13-14,22-23,33,35H,1,8-9,12,15H2,2-4H3,(H,34,36);3-5,8-9,11-12,21-22,30,33H,1,6-7,10,13H2,2H3,(H,31,32). The Kier molecular flexibility index (Phi) is 17.4. The number of hydrogen-bond acceptors (Lipinski definition) is 7. The molecule has 0 heterocycles. The first-order valence-electron chi connectivity index (χ1n) is 22.2. The molecule has 2 fully saturated rings. The van der Waals surface area contributed by atoms with Gasteiger partial charge < -0.3 is 36.2 Å². The molecule has 2 aliphatic carbocycles. The van der Waals surface area contributed by atoms with Crippen molar-refractivity contribution in [2.75, 3.05) is 13.1 Å². The highest BCUT2D eigenvalue weighted by Crippen LogP contribution is 2.48. The van der Waals surface area contributed by atoms with Gasteiger partial charge in [0.05, 0.1) is 35.4 Å². The molecule has 0 spiro atoms. The number of amides is 2. The minimum absolute atomic E-state index is 0.00713. The van der Waals surface area contributed by atoms with Crippen LogP contribution >= 0.6 is 0 Å². The van der Waals surface area contributed by atoms with E-state index >= 15 is 0 Å². The van der Waals surface area contributed by atoms with E-state index in [1.54, 1.807) is 32.9 Å². The fraction of sp³-hybridized carbons (Fsp3) is 0.412. The molecule has 0 radical (unpaired) electrons. The molecule has 4 unspecified atom stereocenters. The van der Waals surface area contributed by atoms with Gasteiger partial charge in [-0.1, -0.05) is 49.6 Å². The van der Waals surface area contributed by atoms with Crippen LogP contribution in [0.15, 0.2) is 98.1 Å². The molecule has 9 nitrogen and oxygen atoms in total. The lowest BCUT2D eigenvalue weighted by atomic mass is 9.97. The molecule has 0 aromatic heterocycles. The highest BCUT2D eigenvalue weighted by Gasteiger charge is 2.46. The lowest BCUT2D eigenvalue weighted by Crippen LogP contribution is -2.51. The molecule has 6 N–H and O–H groups in total. The first-order valence-corrected chi connectivity index (χ1v) is 22.2. The number of rotatable bonds is 18. The maximum Gasteiger partial charge on any atom is 0.416 e. The first kappa shape index (κ1) is 55.2. The number of carbonyl (C=O) groups is 2. The van der Waals surface area contributed by atoms with E-state index in [1.165, 1.54) is 43.3 Å². The number of allylic oxidation sites excluding steroid dienone is 2. The van der Waals surface area contributed by atoms with Crippen molar-refractivity contribution in [2.24, 2.45) is 0 Å². The minimum Gasteiger partial charge on any atom is -0.444 e. The van der Waals surface area contributed by atoms with Crippen LogP contribution in [-0.2, 0) is 33.5 Å². The van der Waals surface area contributed by atoms with Crippen molar-refractivity contribution in [3.05, 3.63) is 155 Å². The monoisotopic (exact) mass is 994 g/mol. The van der Waals surface area contributed by atoms with Gasteiger partial charge in [0.1, 0.15) is 28.9 Å². The summed E-state index contributed by atoms with van der Waals surface area (Å²) in [5.74, 6) is -3.55. The number of ether oxygens (including phenoxy) is 1. The van der Waals surface area contributed by atoms with Gasteiger partial charge in [0, 0.05) is 43.2 Å². The molecule has 6 rings (SSSR count). The van der Waals surface area contributed by atoms with E-state index in [9.17, 15) is 63.7 Å². The molecule has 2 amide bonds. The Morgan fingerprint density at radius 1 is 0.614 bits per heavy atom. The molecule has 380 valence electrons. The Hall–Kier alpha value is -5.76.